The molecule has 0 fully saturated rings. The van der Waals surface area contributed by atoms with Gasteiger partial charge >= 0.3 is 5.97 Å². The molecule has 0 aliphatic rings. The third-order valence-corrected chi connectivity index (χ3v) is 2.79. The van der Waals surface area contributed by atoms with Gasteiger partial charge < -0.3 is 9.84 Å². The van der Waals surface area contributed by atoms with Gasteiger partial charge in [-0.05, 0) is 24.3 Å². The SMILES string of the molecule is O=C(O)c1ccc2nc(COc3cccc(F)c3)nn2c1. The molecule has 0 spiro atoms. The first-order chi connectivity index (χ1) is 10.1. The summed E-state index contributed by atoms with van der Waals surface area (Å²) < 4.78 is 19.8. The van der Waals surface area contributed by atoms with E-state index in [1.165, 1.54) is 28.9 Å². The lowest BCUT2D eigenvalue weighted by molar-refractivity contribution is 0.0696. The highest BCUT2D eigenvalue weighted by atomic mass is 19.1. The Labute approximate surface area is 118 Å². The minimum atomic E-state index is -1.04. The van der Waals surface area contributed by atoms with Crippen LogP contribution in [0.1, 0.15) is 16.2 Å². The molecule has 0 bridgehead atoms. The molecule has 0 saturated carbocycles. The first kappa shape index (κ1) is 13.0. The number of pyridine rings is 1. The number of benzene rings is 1. The fourth-order valence-corrected chi connectivity index (χ4v) is 1.82. The van der Waals surface area contributed by atoms with Gasteiger partial charge in [0.2, 0.25) is 0 Å². The Hall–Kier alpha value is -2.96. The minimum absolute atomic E-state index is 0.0630. The predicted octanol–water partition coefficient (Wildman–Crippen LogP) is 2.15. The molecule has 0 unspecified atom stereocenters. The monoisotopic (exact) mass is 287 g/mol. The van der Waals surface area contributed by atoms with E-state index in [4.69, 9.17) is 9.84 Å². The van der Waals surface area contributed by atoms with Crippen LogP contribution in [-0.4, -0.2) is 25.7 Å². The van der Waals surface area contributed by atoms with E-state index in [-0.39, 0.29) is 18.0 Å². The first-order valence-electron chi connectivity index (χ1n) is 6.09. The molecule has 0 atom stereocenters. The lowest BCUT2D eigenvalue weighted by Crippen LogP contribution is -2.00. The molecule has 0 saturated heterocycles. The summed E-state index contributed by atoms with van der Waals surface area (Å²) in [7, 11) is 0. The molecule has 1 aromatic carbocycles. The van der Waals surface area contributed by atoms with Crippen molar-refractivity contribution in [2.24, 2.45) is 0 Å². The summed E-state index contributed by atoms with van der Waals surface area (Å²) in [6.07, 6.45) is 1.37. The molecule has 106 valence electrons. The number of hydrogen-bond donors (Lipinski definition) is 1. The average Bonchev–Trinajstić information content (AvgIpc) is 2.87. The standard InChI is InChI=1S/C14H10FN3O3/c15-10-2-1-3-11(6-10)21-8-12-16-13-5-4-9(14(19)20)7-18(13)17-12/h1-7H,8H2,(H,19,20). The zero-order chi connectivity index (χ0) is 14.8. The number of carbonyl (C=O) groups is 1. The fraction of sp³-hybridized carbons (Fsp3) is 0.0714. The molecular weight excluding hydrogens is 277 g/mol. The second-order valence-electron chi connectivity index (χ2n) is 4.30. The van der Waals surface area contributed by atoms with E-state index in [1.807, 2.05) is 0 Å². The van der Waals surface area contributed by atoms with Crippen molar-refractivity contribution in [3.63, 3.8) is 0 Å². The van der Waals surface area contributed by atoms with E-state index < -0.39 is 5.97 Å². The summed E-state index contributed by atoms with van der Waals surface area (Å²) >= 11 is 0. The number of aromatic carboxylic acids is 1. The number of aromatic nitrogens is 3. The van der Waals surface area contributed by atoms with E-state index in [0.29, 0.717) is 17.2 Å². The lowest BCUT2D eigenvalue weighted by atomic mass is 10.3. The Bertz CT molecular complexity index is 816. The normalized spacial score (nSPS) is 10.7. The van der Waals surface area contributed by atoms with Gasteiger partial charge in [0.25, 0.3) is 0 Å². The summed E-state index contributed by atoms with van der Waals surface area (Å²) in [5, 5.41) is 13.0. The maximum atomic E-state index is 13.0. The number of ether oxygens (including phenoxy) is 1. The lowest BCUT2D eigenvalue weighted by Gasteiger charge is -2.02. The van der Waals surface area contributed by atoms with E-state index in [0.717, 1.165) is 0 Å². The molecule has 3 aromatic rings. The van der Waals surface area contributed by atoms with Crippen molar-refractivity contribution in [3.8, 4) is 5.75 Å². The Morgan fingerprint density at radius 3 is 2.95 bits per heavy atom. The van der Waals surface area contributed by atoms with Gasteiger partial charge in [0, 0.05) is 12.3 Å². The zero-order valence-corrected chi connectivity index (χ0v) is 10.7. The van der Waals surface area contributed by atoms with E-state index in [9.17, 15) is 9.18 Å². The van der Waals surface area contributed by atoms with Crippen molar-refractivity contribution >= 4 is 11.6 Å². The third-order valence-electron chi connectivity index (χ3n) is 2.79. The van der Waals surface area contributed by atoms with E-state index in [2.05, 4.69) is 10.1 Å². The number of nitrogens with zero attached hydrogens (tertiary/aromatic N) is 3. The molecule has 0 radical (unpaired) electrons. The molecular formula is C14H10FN3O3. The fourth-order valence-electron chi connectivity index (χ4n) is 1.82. The van der Waals surface area contributed by atoms with E-state index in [1.54, 1.807) is 18.2 Å². The van der Waals surface area contributed by atoms with Crippen molar-refractivity contribution in [1.29, 1.82) is 0 Å². The number of halogens is 1. The number of fused-ring (bicyclic) bond motifs is 1. The summed E-state index contributed by atoms with van der Waals surface area (Å²) in [5.74, 6) is -0.673. The summed E-state index contributed by atoms with van der Waals surface area (Å²) in [4.78, 5) is 15.1. The summed E-state index contributed by atoms with van der Waals surface area (Å²) in [5.41, 5.74) is 0.628. The van der Waals surface area contributed by atoms with Crippen molar-refractivity contribution in [3.05, 3.63) is 59.8 Å². The molecule has 2 aromatic heterocycles. The maximum absolute atomic E-state index is 13.0. The van der Waals surface area contributed by atoms with Crippen LogP contribution in [0.3, 0.4) is 0 Å². The van der Waals surface area contributed by atoms with Crippen LogP contribution in [0.5, 0.6) is 5.75 Å². The maximum Gasteiger partial charge on any atom is 0.337 e. The first-order valence-corrected chi connectivity index (χ1v) is 6.09. The molecule has 21 heavy (non-hydrogen) atoms. The quantitative estimate of drug-likeness (QED) is 0.795. The van der Waals surface area contributed by atoms with Crippen LogP contribution in [0.15, 0.2) is 42.6 Å². The highest BCUT2D eigenvalue weighted by Crippen LogP contribution is 2.13. The van der Waals surface area contributed by atoms with Crippen molar-refractivity contribution in [2.45, 2.75) is 6.61 Å². The van der Waals surface area contributed by atoms with Crippen LogP contribution in [-0.2, 0) is 6.61 Å². The van der Waals surface area contributed by atoms with Crippen LogP contribution in [0.4, 0.5) is 4.39 Å². The zero-order valence-electron chi connectivity index (χ0n) is 10.7. The van der Waals surface area contributed by atoms with Gasteiger partial charge in [-0.15, -0.1) is 5.10 Å². The molecule has 0 aliphatic carbocycles. The van der Waals surface area contributed by atoms with Crippen LogP contribution >= 0.6 is 0 Å². The van der Waals surface area contributed by atoms with E-state index >= 15 is 0 Å². The Morgan fingerprint density at radius 1 is 1.33 bits per heavy atom. The molecule has 0 aliphatic heterocycles. The molecule has 7 heteroatoms. The highest BCUT2D eigenvalue weighted by Gasteiger charge is 2.08. The summed E-state index contributed by atoms with van der Waals surface area (Å²) in [6, 6.07) is 8.76. The molecule has 1 N–H and O–H groups in total. The highest BCUT2D eigenvalue weighted by molar-refractivity contribution is 5.87. The largest absolute Gasteiger partial charge is 0.485 e. The predicted molar refractivity (Wildman–Crippen MR) is 70.7 cm³/mol. The number of carboxylic acid groups (broad SMARTS) is 1. The van der Waals surface area contributed by atoms with Crippen molar-refractivity contribution in [2.75, 3.05) is 0 Å². The van der Waals surface area contributed by atoms with Gasteiger partial charge in [0.1, 0.15) is 18.2 Å². The smallest absolute Gasteiger partial charge is 0.337 e. The molecule has 3 rings (SSSR count). The number of rotatable bonds is 4. The van der Waals surface area contributed by atoms with Crippen molar-refractivity contribution in [1.82, 2.24) is 14.6 Å². The van der Waals surface area contributed by atoms with Gasteiger partial charge in [-0.1, -0.05) is 6.07 Å². The molecule has 0 amide bonds. The Balaban J connectivity index is 1.80. The summed E-state index contributed by atoms with van der Waals surface area (Å²) in [6.45, 7) is 0.0630. The second-order valence-corrected chi connectivity index (χ2v) is 4.30. The Kier molecular flexibility index (Phi) is 3.23. The van der Waals surface area contributed by atoms with Gasteiger partial charge in [0.05, 0.1) is 5.56 Å². The van der Waals surface area contributed by atoms with Gasteiger partial charge in [-0.2, -0.15) is 0 Å². The van der Waals surface area contributed by atoms with Crippen LogP contribution in [0, 0.1) is 5.82 Å². The number of hydrogen-bond acceptors (Lipinski definition) is 4. The topological polar surface area (TPSA) is 76.7 Å². The minimum Gasteiger partial charge on any atom is -0.485 e. The average molecular weight is 287 g/mol. The third kappa shape index (κ3) is 2.81. The van der Waals surface area contributed by atoms with Gasteiger partial charge in [-0.3, -0.25) is 0 Å². The number of carboxylic acids is 1. The Morgan fingerprint density at radius 2 is 2.19 bits per heavy atom. The van der Waals surface area contributed by atoms with Crippen molar-refractivity contribution < 1.29 is 19.0 Å². The second kappa shape index (κ2) is 5.20. The van der Waals surface area contributed by atoms with Crippen LogP contribution < -0.4 is 4.74 Å². The van der Waals surface area contributed by atoms with Crippen LogP contribution in [0.2, 0.25) is 0 Å². The van der Waals surface area contributed by atoms with Gasteiger partial charge in [0.15, 0.2) is 11.5 Å². The van der Waals surface area contributed by atoms with Gasteiger partial charge in [-0.25, -0.2) is 18.7 Å². The molecule has 6 nitrogen and oxygen atoms in total. The van der Waals surface area contributed by atoms with Crippen LogP contribution in [0.25, 0.3) is 5.65 Å². The molecule has 2 heterocycles.